The summed E-state index contributed by atoms with van der Waals surface area (Å²) in [5.74, 6) is -7.36. The minimum Gasteiger partial charge on any atom is -0.474 e. The van der Waals surface area contributed by atoms with Crippen LogP contribution in [0.2, 0.25) is 0 Å². The van der Waals surface area contributed by atoms with Gasteiger partial charge >= 0.3 is 35.6 Å². The number of carboxylic acid groups (broad SMARTS) is 2. The van der Waals surface area contributed by atoms with Crippen LogP contribution in [0.5, 0.6) is 0 Å². The summed E-state index contributed by atoms with van der Waals surface area (Å²) in [5.41, 5.74) is 0. The zero-order valence-corrected chi connectivity index (χ0v) is 12.6. The van der Waals surface area contributed by atoms with Crippen molar-refractivity contribution in [2.45, 2.75) is 12.8 Å². The number of rotatable bonds is 8. The predicted octanol–water partition coefficient (Wildman–Crippen LogP) is -3.60. The molecular formula is C12H18N4O8. The van der Waals surface area contributed by atoms with E-state index < -0.39 is 35.6 Å². The zero-order chi connectivity index (χ0) is 18.5. The van der Waals surface area contributed by atoms with Gasteiger partial charge in [-0.25, -0.2) is 9.59 Å². The van der Waals surface area contributed by atoms with Gasteiger partial charge in [0.1, 0.15) is 0 Å². The van der Waals surface area contributed by atoms with Gasteiger partial charge in [0.2, 0.25) is 0 Å². The minimum absolute atomic E-state index is 0.0241. The number of hydrogen-bond donors (Lipinski definition) is 6. The molecule has 0 aliphatic carbocycles. The fourth-order valence-corrected chi connectivity index (χ4v) is 1.30. The highest BCUT2D eigenvalue weighted by atomic mass is 16.4. The highest BCUT2D eigenvalue weighted by Gasteiger charge is 2.13. The van der Waals surface area contributed by atoms with Gasteiger partial charge in [0, 0.05) is 26.2 Å². The van der Waals surface area contributed by atoms with Crippen LogP contribution in [-0.2, 0) is 28.8 Å². The SMILES string of the molecule is O=C(O)C(=O)NCCCNC(=O)C(=O)NCCCNC(=O)C(=O)O. The van der Waals surface area contributed by atoms with Gasteiger partial charge in [-0.2, -0.15) is 0 Å². The number of carbonyl (C=O) groups is 6. The number of amides is 4. The fourth-order valence-electron chi connectivity index (χ4n) is 1.30. The van der Waals surface area contributed by atoms with E-state index >= 15 is 0 Å². The number of carbonyl (C=O) groups excluding carboxylic acids is 4. The normalized spacial score (nSPS) is 9.50. The summed E-state index contributed by atoms with van der Waals surface area (Å²) < 4.78 is 0. The van der Waals surface area contributed by atoms with Crippen molar-refractivity contribution in [3.63, 3.8) is 0 Å². The van der Waals surface area contributed by atoms with Crippen LogP contribution in [0.4, 0.5) is 0 Å². The van der Waals surface area contributed by atoms with E-state index in [1.807, 2.05) is 0 Å². The summed E-state index contributed by atoms with van der Waals surface area (Å²) in [6.45, 7) is 0.161. The maximum atomic E-state index is 11.4. The molecule has 0 heterocycles. The van der Waals surface area contributed by atoms with E-state index in [2.05, 4.69) is 21.3 Å². The lowest BCUT2D eigenvalue weighted by Gasteiger charge is -2.07. The highest BCUT2D eigenvalue weighted by molar-refractivity contribution is 6.35. The molecule has 4 amide bonds. The van der Waals surface area contributed by atoms with Crippen LogP contribution in [0.15, 0.2) is 0 Å². The van der Waals surface area contributed by atoms with Gasteiger partial charge in [0.25, 0.3) is 0 Å². The van der Waals surface area contributed by atoms with Crippen LogP contribution in [0.25, 0.3) is 0 Å². The molecule has 0 aromatic rings. The Morgan fingerprint density at radius 1 is 0.500 bits per heavy atom. The number of hydrogen-bond acceptors (Lipinski definition) is 6. The molecule has 0 aromatic heterocycles. The third-order valence-electron chi connectivity index (χ3n) is 2.44. The molecule has 0 aromatic carbocycles. The molecule has 24 heavy (non-hydrogen) atoms. The van der Waals surface area contributed by atoms with E-state index in [0.717, 1.165) is 0 Å². The summed E-state index contributed by atoms with van der Waals surface area (Å²) in [6.07, 6.45) is 0.471. The zero-order valence-electron chi connectivity index (χ0n) is 12.6. The molecule has 0 unspecified atom stereocenters. The average Bonchev–Trinajstić information content (AvgIpc) is 2.52. The standard InChI is InChI=1S/C12H18N4O8/c17-7(13-3-1-5-15-9(19)11(21)22)8(18)14-4-2-6-16-10(20)12(23)24/h1-6H2,(H,13,17)(H,14,18)(H,15,19)(H,16,20)(H,21,22)(H,23,24). The van der Waals surface area contributed by atoms with Gasteiger partial charge in [-0.15, -0.1) is 0 Å². The lowest BCUT2D eigenvalue weighted by molar-refractivity contribution is -0.150. The Morgan fingerprint density at radius 2 is 0.750 bits per heavy atom. The lowest BCUT2D eigenvalue weighted by Crippen LogP contribution is -2.42. The first-order valence-corrected chi connectivity index (χ1v) is 6.84. The molecule has 0 atom stereocenters. The summed E-state index contributed by atoms with van der Waals surface area (Å²) in [6, 6.07) is 0. The van der Waals surface area contributed by atoms with Crippen molar-refractivity contribution in [3.8, 4) is 0 Å². The van der Waals surface area contributed by atoms with Gasteiger partial charge < -0.3 is 31.5 Å². The van der Waals surface area contributed by atoms with Crippen LogP contribution >= 0.6 is 0 Å². The monoisotopic (exact) mass is 346 g/mol. The van der Waals surface area contributed by atoms with E-state index in [1.54, 1.807) is 0 Å². The molecule has 0 aliphatic rings. The van der Waals surface area contributed by atoms with Crippen molar-refractivity contribution in [1.29, 1.82) is 0 Å². The van der Waals surface area contributed by atoms with Gasteiger partial charge in [0.15, 0.2) is 0 Å². The Kier molecular flexibility index (Phi) is 9.89. The first-order chi connectivity index (χ1) is 11.3. The number of nitrogens with one attached hydrogen (secondary N) is 4. The third kappa shape index (κ3) is 9.70. The first-order valence-electron chi connectivity index (χ1n) is 6.84. The van der Waals surface area contributed by atoms with E-state index in [1.165, 1.54) is 0 Å². The largest absolute Gasteiger partial charge is 0.474 e. The van der Waals surface area contributed by atoms with Crippen molar-refractivity contribution in [1.82, 2.24) is 21.3 Å². The van der Waals surface area contributed by atoms with Gasteiger partial charge in [-0.3, -0.25) is 19.2 Å². The molecule has 0 rings (SSSR count). The maximum absolute atomic E-state index is 11.4. The topological polar surface area (TPSA) is 191 Å². The van der Waals surface area contributed by atoms with E-state index in [4.69, 9.17) is 10.2 Å². The van der Waals surface area contributed by atoms with Crippen LogP contribution in [0.1, 0.15) is 12.8 Å². The van der Waals surface area contributed by atoms with Crippen molar-refractivity contribution in [3.05, 3.63) is 0 Å². The quantitative estimate of drug-likeness (QED) is 0.192. The molecule has 12 heteroatoms. The number of carboxylic acids is 2. The second-order valence-corrected chi connectivity index (χ2v) is 4.34. The predicted molar refractivity (Wildman–Crippen MR) is 76.5 cm³/mol. The van der Waals surface area contributed by atoms with Gasteiger partial charge in [0.05, 0.1) is 0 Å². The van der Waals surface area contributed by atoms with Gasteiger partial charge in [-0.1, -0.05) is 0 Å². The molecule has 12 nitrogen and oxygen atoms in total. The summed E-state index contributed by atoms with van der Waals surface area (Å²) in [4.78, 5) is 64.5. The van der Waals surface area contributed by atoms with Crippen LogP contribution in [-0.4, -0.2) is 72.0 Å². The Morgan fingerprint density at radius 3 is 1.00 bits per heavy atom. The van der Waals surface area contributed by atoms with Crippen molar-refractivity contribution in [2.24, 2.45) is 0 Å². The van der Waals surface area contributed by atoms with E-state index in [0.29, 0.717) is 0 Å². The summed E-state index contributed by atoms with van der Waals surface area (Å²) >= 11 is 0. The molecule has 0 saturated heterocycles. The van der Waals surface area contributed by atoms with Crippen LogP contribution < -0.4 is 21.3 Å². The van der Waals surface area contributed by atoms with Crippen molar-refractivity contribution >= 4 is 35.6 Å². The van der Waals surface area contributed by atoms with Crippen LogP contribution in [0.3, 0.4) is 0 Å². The molecular weight excluding hydrogens is 328 g/mol. The van der Waals surface area contributed by atoms with E-state index in [-0.39, 0.29) is 39.0 Å². The molecule has 0 bridgehead atoms. The molecule has 6 N–H and O–H groups in total. The fraction of sp³-hybridized carbons (Fsp3) is 0.500. The summed E-state index contributed by atoms with van der Waals surface area (Å²) in [7, 11) is 0. The Balaban J connectivity index is 3.68. The van der Waals surface area contributed by atoms with E-state index in [9.17, 15) is 28.8 Å². The Hall–Kier alpha value is -3.18. The third-order valence-corrected chi connectivity index (χ3v) is 2.44. The maximum Gasteiger partial charge on any atom is 0.394 e. The van der Waals surface area contributed by atoms with Crippen molar-refractivity contribution in [2.75, 3.05) is 26.2 Å². The minimum atomic E-state index is -1.61. The average molecular weight is 346 g/mol. The molecule has 0 spiro atoms. The Bertz CT molecular complexity index is 473. The second kappa shape index (κ2) is 11.4. The molecule has 134 valence electrons. The molecule has 0 aliphatic heterocycles. The lowest BCUT2D eigenvalue weighted by atomic mass is 10.3. The molecule has 0 radical (unpaired) electrons. The van der Waals surface area contributed by atoms with Gasteiger partial charge in [-0.05, 0) is 12.8 Å². The molecule has 0 saturated carbocycles. The summed E-state index contributed by atoms with van der Waals surface area (Å²) in [5, 5.41) is 25.3. The second-order valence-electron chi connectivity index (χ2n) is 4.34. The Labute approximate surface area is 136 Å². The highest BCUT2D eigenvalue weighted by Crippen LogP contribution is 1.79. The number of aliphatic carboxylic acids is 2. The van der Waals surface area contributed by atoms with Crippen molar-refractivity contribution < 1.29 is 39.0 Å². The van der Waals surface area contributed by atoms with Crippen LogP contribution in [0, 0.1) is 0 Å². The first kappa shape index (κ1) is 20.8. The molecule has 0 fully saturated rings. The smallest absolute Gasteiger partial charge is 0.394 e.